The van der Waals surface area contributed by atoms with Crippen LogP contribution in [0.5, 0.6) is 0 Å². The molecule has 0 heterocycles. The molecule has 0 atom stereocenters. The topological polar surface area (TPSA) is 40.5 Å². The maximum Gasteiger partial charge on any atom is 0.252 e. The van der Waals surface area contributed by atoms with Crippen molar-refractivity contribution in [2.45, 2.75) is 0 Å². The molecule has 3 nitrogen and oxygen atoms in total. The average Bonchev–Trinajstić information content (AvgIpc) is 2.46. The van der Waals surface area contributed by atoms with Crippen molar-refractivity contribution < 1.29 is 9.90 Å². The Bertz CT molecular complexity index is 581. The maximum atomic E-state index is 11.4. The molecule has 2 aromatic rings. The Morgan fingerprint density at radius 3 is 2.37 bits per heavy atom. The van der Waals surface area contributed by atoms with E-state index in [1.807, 2.05) is 48.5 Å². The lowest BCUT2D eigenvalue weighted by Gasteiger charge is -2.16. The molecule has 1 N–H and O–H groups in total. The van der Waals surface area contributed by atoms with Crippen molar-refractivity contribution in [2.24, 2.45) is 0 Å². The molecule has 19 heavy (non-hydrogen) atoms. The van der Waals surface area contributed by atoms with Crippen LogP contribution in [0.15, 0.2) is 48.5 Å². The third kappa shape index (κ3) is 2.95. The van der Waals surface area contributed by atoms with E-state index in [1.165, 1.54) is 4.90 Å². The summed E-state index contributed by atoms with van der Waals surface area (Å²) in [6.07, 6.45) is 0. The lowest BCUT2D eigenvalue weighted by atomic mass is 10.1. The van der Waals surface area contributed by atoms with Crippen LogP contribution < -0.4 is 4.90 Å². The van der Waals surface area contributed by atoms with Gasteiger partial charge in [-0.15, -0.1) is 0 Å². The maximum absolute atomic E-state index is 11.4. The lowest BCUT2D eigenvalue weighted by Crippen LogP contribution is -2.28. The van der Waals surface area contributed by atoms with Crippen LogP contribution in [-0.2, 0) is 4.79 Å². The number of halogens is 1. The summed E-state index contributed by atoms with van der Waals surface area (Å²) in [5, 5.41) is 9.52. The third-order valence-electron chi connectivity index (χ3n) is 2.95. The van der Waals surface area contributed by atoms with Gasteiger partial charge in [-0.25, -0.2) is 0 Å². The summed E-state index contributed by atoms with van der Waals surface area (Å²) >= 11 is 6.14. The number of nitrogens with zero attached hydrogens (tertiary/aromatic N) is 1. The summed E-state index contributed by atoms with van der Waals surface area (Å²) in [5.41, 5.74) is 2.67. The minimum atomic E-state index is -0.497. The van der Waals surface area contributed by atoms with Gasteiger partial charge in [-0.3, -0.25) is 4.79 Å². The van der Waals surface area contributed by atoms with E-state index in [1.54, 1.807) is 7.05 Å². The standard InChI is InChI=1S/C15H14ClNO2/c1-17(15(19)10-18)12-8-6-11(7-9-12)13-4-2-3-5-14(13)16/h2-9,18H,10H2,1H3. The quantitative estimate of drug-likeness (QED) is 0.936. The van der Waals surface area contributed by atoms with E-state index >= 15 is 0 Å². The molecular formula is C15H14ClNO2. The fourth-order valence-electron chi connectivity index (χ4n) is 1.81. The molecule has 0 aromatic heterocycles. The number of likely N-dealkylation sites (N-methyl/N-ethyl adjacent to an activating group) is 1. The molecular weight excluding hydrogens is 262 g/mol. The highest BCUT2D eigenvalue weighted by atomic mass is 35.5. The summed E-state index contributed by atoms with van der Waals surface area (Å²) in [6.45, 7) is -0.497. The van der Waals surface area contributed by atoms with Crippen LogP contribution in [0.2, 0.25) is 5.02 Å². The third-order valence-corrected chi connectivity index (χ3v) is 3.28. The number of carbonyl (C=O) groups excluding carboxylic acids is 1. The van der Waals surface area contributed by atoms with Gasteiger partial charge in [-0.05, 0) is 23.8 Å². The Morgan fingerprint density at radius 2 is 1.79 bits per heavy atom. The van der Waals surface area contributed by atoms with Crippen molar-refractivity contribution in [2.75, 3.05) is 18.6 Å². The normalized spacial score (nSPS) is 10.3. The predicted molar refractivity (Wildman–Crippen MR) is 77.4 cm³/mol. The van der Waals surface area contributed by atoms with E-state index in [0.29, 0.717) is 5.02 Å². The number of benzene rings is 2. The van der Waals surface area contributed by atoms with Crippen LogP contribution >= 0.6 is 11.6 Å². The Morgan fingerprint density at radius 1 is 1.16 bits per heavy atom. The number of rotatable bonds is 3. The zero-order chi connectivity index (χ0) is 13.8. The molecule has 2 rings (SSSR count). The molecule has 0 saturated carbocycles. The molecule has 0 radical (unpaired) electrons. The van der Waals surface area contributed by atoms with E-state index in [2.05, 4.69) is 0 Å². The fraction of sp³-hybridized carbons (Fsp3) is 0.133. The average molecular weight is 276 g/mol. The van der Waals surface area contributed by atoms with Gasteiger partial charge in [-0.1, -0.05) is 41.9 Å². The molecule has 98 valence electrons. The van der Waals surface area contributed by atoms with Crippen LogP contribution in [0, 0.1) is 0 Å². The molecule has 0 saturated heterocycles. The van der Waals surface area contributed by atoms with Gasteiger partial charge in [0.25, 0.3) is 5.91 Å². The van der Waals surface area contributed by atoms with Gasteiger partial charge in [0.1, 0.15) is 6.61 Å². The molecule has 0 aliphatic rings. The van der Waals surface area contributed by atoms with Crippen LogP contribution in [0.4, 0.5) is 5.69 Å². The lowest BCUT2D eigenvalue weighted by molar-refractivity contribution is -0.120. The Kier molecular flexibility index (Phi) is 4.20. The van der Waals surface area contributed by atoms with Gasteiger partial charge in [0.2, 0.25) is 0 Å². The van der Waals surface area contributed by atoms with Crippen LogP contribution in [0.25, 0.3) is 11.1 Å². The van der Waals surface area contributed by atoms with Crippen LogP contribution in [0.3, 0.4) is 0 Å². The SMILES string of the molecule is CN(C(=O)CO)c1ccc(-c2ccccc2Cl)cc1. The number of aliphatic hydroxyl groups excluding tert-OH is 1. The Hall–Kier alpha value is -1.84. The number of hydrogen-bond donors (Lipinski definition) is 1. The van der Waals surface area contributed by atoms with Crippen molar-refractivity contribution >= 4 is 23.2 Å². The number of aliphatic hydroxyl groups is 1. The zero-order valence-corrected chi connectivity index (χ0v) is 11.3. The highest BCUT2D eigenvalue weighted by molar-refractivity contribution is 6.33. The first-order chi connectivity index (χ1) is 9.13. The molecule has 0 aliphatic carbocycles. The van der Waals surface area contributed by atoms with Crippen LogP contribution in [-0.4, -0.2) is 24.7 Å². The summed E-state index contributed by atoms with van der Waals surface area (Å²) < 4.78 is 0. The monoisotopic (exact) mass is 275 g/mol. The number of amides is 1. The van der Waals surface area contributed by atoms with Gasteiger partial charge >= 0.3 is 0 Å². The molecule has 0 fully saturated rings. The molecule has 4 heteroatoms. The van der Waals surface area contributed by atoms with Crippen molar-refractivity contribution in [1.82, 2.24) is 0 Å². The highest BCUT2D eigenvalue weighted by Crippen LogP contribution is 2.28. The summed E-state index contributed by atoms with van der Waals surface area (Å²) in [4.78, 5) is 12.8. The van der Waals surface area contributed by atoms with E-state index in [9.17, 15) is 4.79 Å². The Balaban J connectivity index is 2.29. The largest absolute Gasteiger partial charge is 0.387 e. The second-order valence-corrected chi connectivity index (χ2v) is 4.54. The van der Waals surface area contributed by atoms with Crippen molar-refractivity contribution in [3.8, 4) is 11.1 Å². The number of carbonyl (C=O) groups is 1. The second kappa shape index (κ2) is 5.87. The van der Waals surface area contributed by atoms with E-state index in [-0.39, 0.29) is 5.91 Å². The van der Waals surface area contributed by atoms with Crippen molar-refractivity contribution in [3.63, 3.8) is 0 Å². The minimum Gasteiger partial charge on any atom is -0.387 e. The predicted octanol–water partition coefficient (Wildman–Crippen LogP) is 2.96. The molecule has 0 unspecified atom stereocenters. The Labute approximate surface area is 117 Å². The molecule has 0 spiro atoms. The number of hydrogen-bond acceptors (Lipinski definition) is 2. The minimum absolute atomic E-state index is 0.342. The van der Waals surface area contributed by atoms with Gasteiger partial charge in [0.15, 0.2) is 0 Å². The van der Waals surface area contributed by atoms with Gasteiger partial charge < -0.3 is 10.0 Å². The molecule has 0 bridgehead atoms. The summed E-state index contributed by atoms with van der Waals surface area (Å²) in [5.74, 6) is -0.342. The van der Waals surface area contributed by atoms with Gasteiger partial charge in [0, 0.05) is 23.3 Å². The smallest absolute Gasteiger partial charge is 0.252 e. The van der Waals surface area contributed by atoms with Crippen LogP contribution in [0.1, 0.15) is 0 Å². The number of anilines is 1. The van der Waals surface area contributed by atoms with E-state index in [4.69, 9.17) is 16.7 Å². The fourth-order valence-corrected chi connectivity index (χ4v) is 2.05. The van der Waals surface area contributed by atoms with E-state index < -0.39 is 6.61 Å². The first-order valence-electron chi connectivity index (χ1n) is 5.86. The summed E-state index contributed by atoms with van der Waals surface area (Å²) in [7, 11) is 1.63. The second-order valence-electron chi connectivity index (χ2n) is 4.14. The first-order valence-corrected chi connectivity index (χ1v) is 6.23. The highest BCUT2D eigenvalue weighted by Gasteiger charge is 2.09. The first kappa shape index (κ1) is 13.6. The van der Waals surface area contributed by atoms with Crippen molar-refractivity contribution in [3.05, 3.63) is 53.6 Å². The zero-order valence-electron chi connectivity index (χ0n) is 10.5. The van der Waals surface area contributed by atoms with Gasteiger partial charge in [-0.2, -0.15) is 0 Å². The van der Waals surface area contributed by atoms with E-state index in [0.717, 1.165) is 16.8 Å². The summed E-state index contributed by atoms with van der Waals surface area (Å²) in [6, 6.07) is 15.0. The van der Waals surface area contributed by atoms with Crippen molar-refractivity contribution in [1.29, 1.82) is 0 Å². The van der Waals surface area contributed by atoms with Gasteiger partial charge in [0.05, 0.1) is 0 Å². The molecule has 0 aliphatic heterocycles. The molecule has 2 aromatic carbocycles. The molecule has 1 amide bonds.